The van der Waals surface area contributed by atoms with Gasteiger partial charge < -0.3 is 10.5 Å². The molecule has 3 atom stereocenters. The van der Waals surface area contributed by atoms with Crippen LogP contribution in [0.1, 0.15) is 36.2 Å². The van der Waals surface area contributed by atoms with Crippen molar-refractivity contribution in [2.45, 2.75) is 31.1 Å². The molecular formula is C17H19NO. The number of benzene rings is 2. The molecular weight excluding hydrogens is 234 g/mol. The molecule has 1 unspecified atom stereocenters. The van der Waals surface area contributed by atoms with Gasteiger partial charge in [-0.15, -0.1) is 0 Å². The highest BCUT2D eigenvalue weighted by Crippen LogP contribution is 2.37. The SMILES string of the molecule is NC1C[C@@H](c2ccccc2)O[C@@H](c2ccccc2)C1. The summed E-state index contributed by atoms with van der Waals surface area (Å²) in [7, 11) is 0. The average Bonchev–Trinajstić information content (AvgIpc) is 2.48. The molecule has 0 bridgehead atoms. The fourth-order valence-electron chi connectivity index (χ4n) is 2.72. The lowest BCUT2D eigenvalue weighted by Crippen LogP contribution is -2.32. The molecule has 2 heteroatoms. The fourth-order valence-corrected chi connectivity index (χ4v) is 2.72. The minimum absolute atomic E-state index is 0.107. The molecule has 98 valence electrons. The predicted molar refractivity (Wildman–Crippen MR) is 76.7 cm³/mol. The first-order valence-electron chi connectivity index (χ1n) is 6.84. The van der Waals surface area contributed by atoms with Gasteiger partial charge in [0.15, 0.2) is 0 Å². The van der Waals surface area contributed by atoms with Crippen molar-refractivity contribution in [1.29, 1.82) is 0 Å². The number of hydrogen-bond donors (Lipinski definition) is 1. The van der Waals surface area contributed by atoms with Crippen LogP contribution in [0.5, 0.6) is 0 Å². The quantitative estimate of drug-likeness (QED) is 0.887. The zero-order chi connectivity index (χ0) is 13.1. The Morgan fingerprint density at radius 3 is 1.58 bits per heavy atom. The van der Waals surface area contributed by atoms with E-state index in [0.717, 1.165) is 12.8 Å². The minimum atomic E-state index is 0.107. The molecule has 3 rings (SSSR count). The maximum Gasteiger partial charge on any atom is 0.0848 e. The van der Waals surface area contributed by atoms with E-state index in [0.29, 0.717) is 0 Å². The molecule has 1 saturated heterocycles. The number of ether oxygens (including phenoxy) is 1. The van der Waals surface area contributed by atoms with Crippen LogP contribution in [-0.4, -0.2) is 6.04 Å². The molecule has 2 N–H and O–H groups in total. The Morgan fingerprint density at radius 1 is 0.737 bits per heavy atom. The van der Waals surface area contributed by atoms with Crippen LogP contribution < -0.4 is 5.73 Å². The maximum absolute atomic E-state index is 6.25. The van der Waals surface area contributed by atoms with Crippen LogP contribution in [0, 0.1) is 0 Å². The first kappa shape index (κ1) is 12.4. The van der Waals surface area contributed by atoms with Crippen molar-refractivity contribution in [2.75, 3.05) is 0 Å². The zero-order valence-electron chi connectivity index (χ0n) is 10.9. The average molecular weight is 253 g/mol. The van der Waals surface area contributed by atoms with Gasteiger partial charge in [0.25, 0.3) is 0 Å². The number of hydrogen-bond acceptors (Lipinski definition) is 2. The van der Waals surface area contributed by atoms with Crippen LogP contribution >= 0.6 is 0 Å². The van der Waals surface area contributed by atoms with Crippen molar-refractivity contribution in [3.05, 3.63) is 71.8 Å². The molecule has 1 aliphatic heterocycles. The van der Waals surface area contributed by atoms with Crippen molar-refractivity contribution >= 4 is 0 Å². The van der Waals surface area contributed by atoms with E-state index in [4.69, 9.17) is 10.5 Å². The van der Waals surface area contributed by atoms with Gasteiger partial charge in [-0.1, -0.05) is 60.7 Å². The van der Waals surface area contributed by atoms with Crippen LogP contribution in [0.15, 0.2) is 60.7 Å². The van der Waals surface area contributed by atoms with E-state index in [1.165, 1.54) is 11.1 Å². The van der Waals surface area contributed by atoms with Crippen molar-refractivity contribution < 1.29 is 4.74 Å². The molecule has 2 aromatic carbocycles. The summed E-state index contributed by atoms with van der Waals surface area (Å²) >= 11 is 0. The van der Waals surface area contributed by atoms with Gasteiger partial charge in [0.2, 0.25) is 0 Å². The molecule has 2 nitrogen and oxygen atoms in total. The largest absolute Gasteiger partial charge is 0.365 e. The third kappa shape index (κ3) is 2.86. The Balaban J connectivity index is 1.82. The van der Waals surface area contributed by atoms with E-state index < -0.39 is 0 Å². The highest BCUT2D eigenvalue weighted by atomic mass is 16.5. The van der Waals surface area contributed by atoms with Crippen LogP contribution in [0.4, 0.5) is 0 Å². The van der Waals surface area contributed by atoms with Gasteiger partial charge in [0.1, 0.15) is 0 Å². The Bertz CT molecular complexity index is 464. The summed E-state index contributed by atoms with van der Waals surface area (Å²) < 4.78 is 6.25. The zero-order valence-corrected chi connectivity index (χ0v) is 10.9. The van der Waals surface area contributed by atoms with E-state index in [2.05, 4.69) is 48.5 Å². The Labute approximate surface area is 114 Å². The Kier molecular flexibility index (Phi) is 3.62. The summed E-state index contributed by atoms with van der Waals surface area (Å²) in [6, 6.07) is 20.9. The van der Waals surface area contributed by atoms with Crippen molar-refractivity contribution in [2.24, 2.45) is 5.73 Å². The van der Waals surface area contributed by atoms with Gasteiger partial charge in [0.05, 0.1) is 12.2 Å². The summed E-state index contributed by atoms with van der Waals surface area (Å²) in [5.74, 6) is 0. The van der Waals surface area contributed by atoms with Gasteiger partial charge >= 0.3 is 0 Å². The normalized spacial score (nSPS) is 27.1. The highest BCUT2D eigenvalue weighted by Gasteiger charge is 2.29. The summed E-state index contributed by atoms with van der Waals surface area (Å²) in [6.45, 7) is 0. The fraction of sp³-hybridized carbons (Fsp3) is 0.294. The lowest BCUT2D eigenvalue weighted by Gasteiger charge is -2.34. The predicted octanol–water partition coefficient (Wildman–Crippen LogP) is 3.61. The van der Waals surface area contributed by atoms with E-state index in [1.54, 1.807) is 0 Å². The topological polar surface area (TPSA) is 35.2 Å². The van der Waals surface area contributed by atoms with Gasteiger partial charge in [-0.25, -0.2) is 0 Å². The summed E-state index contributed by atoms with van der Waals surface area (Å²) in [6.07, 6.45) is 2.01. The van der Waals surface area contributed by atoms with Crippen LogP contribution in [0.25, 0.3) is 0 Å². The lowest BCUT2D eigenvalue weighted by atomic mass is 9.92. The summed E-state index contributed by atoms with van der Waals surface area (Å²) in [4.78, 5) is 0. The molecule has 0 aliphatic carbocycles. The van der Waals surface area contributed by atoms with E-state index in [1.807, 2.05) is 12.1 Å². The highest BCUT2D eigenvalue weighted by molar-refractivity contribution is 5.22. The summed E-state index contributed by atoms with van der Waals surface area (Å²) in [5.41, 5.74) is 8.65. The maximum atomic E-state index is 6.25. The minimum Gasteiger partial charge on any atom is -0.365 e. The molecule has 0 aromatic heterocycles. The molecule has 1 heterocycles. The molecule has 19 heavy (non-hydrogen) atoms. The first-order chi connectivity index (χ1) is 9.33. The summed E-state index contributed by atoms with van der Waals surface area (Å²) in [5, 5.41) is 0. The van der Waals surface area contributed by atoms with Crippen molar-refractivity contribution in [3.63, 3.8) is 0 Å². The van der Waals surface area contributed by atoms with E-state index >= 15 is 0 Å². The van der Waals surface area contributed by atoms with Crippen LogP contribution in [-0.2, 0) is 4.74 Å². The van der Waals surface area contributed by atoms with Crippen molar-refractivity contribution in [1.82, 2.24) is 0 Å². The van der Waals surface area contributed by atoms with Gasteiger partial charge in [-0.3, -0.25) is 0 Å². The lowest BCUT2D eigenvalue weighted by molar-refractivity contribution is -0.0605. The molecule has 0 spiro atoms. The monoisotopic (exact) mass is 253 g/mol. The molecule has 0 radical (unpaired) electrons. The van der Waals surface area contributed by atoms with Gasteiger partial charge in [0, 0.05) is 6.04 Å². The smallest absolute Gasteiger partial charge is 0.0848 e. The second kappa shape index (κ2) is 5.55. The van der Waals surface area contributed by atoms with Crippen LogP contribution in [0.3, 0.4) is 0 Å². The van der Waals surface area contributed by atoms with Gasteiger partial charge in [-0.2, -0.15) is 0 Å². The Hall–Kier alpha value is -1.64. The number of rotatable bonds is 2. The third-order valence-corrected chi connectivity index (χ3v) is 3.70. The second-order valence-corrected chi connectivity index (χ2v) is 5.17. The van der Waals surface area contributed by atoms with Crippen molar-refractivity contribution in [3.8, 4) is 0 Å². The molecule has 1 aliphatic rings. The third-order valence-electron chi connectivity index (χ3n) is 3.70. The molecule has 1 fully saturated rings. The Morgan fingerprint density at radius 2 is 1.16 bits per heavy atom. The van der Waals surface area contributed by atoms with Crippen LogP contribution in [0.2, 0.25) is 0 Å². The molecule has 0 saturated carbocycles. The molecule has 2 aromatic rings. The first-order valence-corrected chi connectivity index (χ1v) is 6.84. The molecule has 0 amide bonds. The standard InChI is InChI=1S/C17H19NO/c18-15-11-16(13-7-3-1-4-8-13)19-17(12-15)14-9-5-2-6-10-14/h1-10,15-17H,11-12,18H2/t15?,16-,17+. The van der Waals surface area contributed by atoms with E-state index in [-0.39, 0.29) is 18.2 Å². The second-order valence-electron chi connectivity index (χ2n) is 5.17. The van der Waals surface area contributed by atoms with Gasteiger partial charge in [-0.05, 0) is 24.0 Å². The van der Waals surface area contributed by atoms with E-state index in [9.17, 15) is 0 Å². The number of nitrogens with two attached hydrogens (primary N) is 1.